The molecule has 0 atom stereocenters. The third-order valence-electron chi connectivity index (χ3n) is 0.917. The van der Waals surface area contributed by atoms with Crippen molar-refractivity contribution in [3.8, 4) is 5.75 Å². The predicted octanol–water partition coefficient (Wildman–Crippen LogP) is 3.15. The van der Waals surface area contributed by atoms with E-state index in [4.69, 9.17) is 39.9 Å². The van der Waals surface area contributed by atoms with Gasteiger partial charge in [-0.05, 0) is 6.07 Å². The second-order valence-corrected chi connectivity index (χ2v) is 2.82. The molecule has 10 heavy (non-hydrogen) atoms. The standard InChI is InChI=1S/C6H2Cl3O/c7-3-1-4(8)6(10)5(9)2-3/h1,10H. The molecule has 0 aliphatic carbocycles. The summed E-state index contributed by atoms with van der Waals surface area (Å²) < 4.78 is 0. The predicted molar refractivity (Wildman–Crippen MR) is 42.0 cm³/mol. The van der Waals surface area contributed by atoms with Crippen molar-refractivity contribution in [3.63, 3.8) is 0 Å². The van der Waals surface area contributed by atoms with Crippen LogP contribution in [0.5, 0.6) is 5.75 Å². The maximum Gasteiger partial charge on any atom is 0.153 e. The van der Waals surface area contributed by atoms with E-state index >= 15 is 0 Å². The number of phenols is 1. The molecular weight excluding hydrogens is 194 g/mol. The summed E-state index contributed by atoms with van der Waals surface area (Å²) >= 11 is 16.4. The Labute approximate surface area is 73.1 Å². The number of rotatable bonds is 0. The summed E-state index contributed by atoms with van der Waals surface area (Å²) in [5, 5.41) is 9.43. The van der Waals surface area contributed by atoms with E-state index in [1.807, 2.05) is 0 Å². The molecule has 0 unspecified atom stereocenters. The number of hydrogen-bond acceptors (Lipinski definition) is 1. The van der Waals surface area contributed by atoms with Gasteiger partial charge in [-0.1, -0.05) is 34.8 Å². The fourth-order valence-corrected chi connectivity index (χ4v) is 1.25. The number of phenolic OH excluding ortho intramolecular Hbond substituents is 1. The van der Waals surface area contributed by atoms with Gasteiger partial charge in [-0.2, -0.15) is 0 Å². The molecular formula is C6H2Cl3O. The lowest BCUT2D eigenvalue weighted by atomic mass is 10.3. The van der Waals surface area contributed by atoms with Crippen LogP contribution in [0.2, 0.25) is 15.1 Å². The zero-order valence-electron chi connectivity index (χ0n) is 4.66. The minimum atomic E-state index is -0.187. The fourth-order valence-electron chi connectivity index (χ4n) is 0.485. The van der Waals surface area contributed by atoms with Crippen molar-refractivity contribution >= 4 is 34.8 Å². The smallest absolute Gasteiger partial charge is 0.153 e. The molecule has 0 spiro atoms. The normalized spacial score (nSPS) is 9.90. The molecule has 4 heteroatoms. The van der Waals surface area contributed by atoms with E-state index < -0.39 is 0 Å². The first kappa shape index (κ1) is 7.99. The van der Waals surface area contributed by atoms with Gasteiger partial charge in [-0.3, -0.25) is 0 Å². The van der Waals surface area contributed by atoms with Crippen molar-refractivity contribution in [2.24, 2.45) is 0 Å². The molecule has 0 amide bonds. The summed E-state index contributed by atoms with van der Waals surface area (Å²) in [6.07, 6.45) is 0. The number of benzene rings is 1. The summed E-state index contributed by atoms with van der Waals surface area (Å²) in [4.78, 5) is 0. The highest BCUT2D eigenvalue weighted by molar-refractivity contribution is 6.39. The van der Waals surface area contributed by atoms with Crippen LogP contribution < -0.4 is 0 Å². The molecule has 1 N–H and O–H groups in total. The Kier molecular flexibility index (Phi) is 2.29. The quantitative estimate of drug-likeness (QED) is 0.676. The van der Waals surface area contributed by atoms with Crippen LogP contribution in [-0.2, 0) is 0 Å². The maximum absolute atomic E-state index is 8.98. The highest BCUT2D eigenvalue weighted by Crippen LogP contribution is 2.33. The number of aromatic hydroxyl groups is 1. The molecule has 0 aliphatic rings. The lowest BCUT2D eigenvalue weighted by Crippen LogP contribution is -1.71. The molecule has 1 rings (SSSR count). The summed E-state index contributed by atoms with van der Waals surface area (Å²) in [6, 6.07) is 3.84. The average molecular weight is 196 g/mol. The Morgan fingerprint density at radius 2 is 1.90 bits per heavy atom. The fraction of sp³-hybridized carbons (Fsp3) is 0. The summed E-state index contributed by atoms with van der Waals surface area (Å²) in [5.74, 6) is -0.187. The highest BCUT2D eigenvalue weighted by atomic mass is 35.5. The SMILES string of the molecule is Oc1c(Cl)[c]c(Cl)cc1Cl. The van der Waals surface area contributed by atoms with Crippen molar-refractivity contribution in [1.29, 1.82) is 0 Å². The second kappa shape index (κ2) is 2.87. The molecule has 1 aromatic rings. The Hall–Kier alpha value is -0.110. The van der Waals surface area contributed by atoms with Gasteiger partial charge in [-0.15, -0.1) is 0 Å². The van der Waals surface area contributed by atoms with Crippen LogP contribution in [0, 0.1) is 6.07 Å². The lowest BCUT2D eigenvalue weighted by Gasteiger charge is -1.97. The molecule has 0 aliphatic heterocycles. The van der Waals surface area contributed by atoms with Crippen LogP contribution in [0.4, 0.5) is 0 Å². The van der Waals surface area contributed by atoms with Gasteiger partial charge < -0.3 is 5.11 Å². The average Bonchev–Trinajstić information content (AvgIpc) is 1.82. The van der Waals surface area contributed by atoms with Crippen LogP contribution in [0.1, 0.15) is 0 Å². The van der Waals surface area contributed by atoms with Crippen molar-refractivity contribution in [1.82, 2.24) is 0 Å². The van der Waals surface area contributed by atoms with Gasteiger partial charge in [0.15, 0.2) is 5.75 Å². The van der Waals surface area contributed by atoms with Gasteiger partial charge in [0.1, 0.15) is 0 Å². The van der Waals surface area contributed by atoms with E-state index in [0.29, 0.717) is 0 Å². The topological polar surface area (TPSA) is 20.2 Å². The van der Waals surface area contributed by atoms with Crippen molar-refractivity contribution < 1.29 is 5.11 Å². The molecule has 0 bridgehead atoms. The second-order valence-electron chi connectivity index (χ2n) is 1.63. The minimum absolute atomic E-state index is 0.0394. The van der Waals surface area contributed by atoms with Crippen LogP contribution >= 0.6 is 34.8 Å². The first-order valence-electron chi connectivity index (χ1n) is 2.37. The van der Waals surface area contributed by atoms with Crippen molar-refractivity contribution in [2.75, 3.05) is 0 Å². The maximum atomic E-state index is 8.98. The zero-order chi connectivity index (χ0) is 7.72. The van der Waals surface area contributed by atoms with Gasteiger partial charge in [-0.25, -0.2) is 0 Å². The molecule has 0 heterocycles. The van der Waals surface area contributed by atoms with Gasteiger partial charge >= 0.3 is 0 Å². The summed E-state index contributed by atoms with van der Waals surface area (Å²) in [6.45, 7) is 0. The van der Waals surface area contributed by atoms with Gasteiger partial charge in [0.2, 0.25) is 0 Å². The molecule has 0 aromatic heterocycles. The Morgan fingerprint density at radius 3 is 2.40 bits per heavy atom. The zero-order valence-corrected chi connectivity index (χ0v) is 6.93. The van der Waals surface area contributed by atoms with Crippen LogP contribution in [-0.4, -0.2) is 5.11 Å². The van der Waals surface area contributed by atoms with Crippen molar-refractivity contribution in [2.45, 2.75) is 0 Å². The molecule has 0 saturated carbocycles. The molecule has 1 nitrogen and oxygen atoms in total. The molecule has 0 fully saturated rings. The number of hydrogen-bond donors (Lipinski definition) is 1. The minimum Gasteiger partial charge on any atom is -0.505 e. The van der Waals surface area contributed by atoms with Gasteiger partial charge in [0.05, 0.1) is 15.1 Å². The van der Waals surface area contributed by atoms with Crippen LogP contribution in [0.15, 0.2) is 6.07 Å². The Bertz CT molecular complexity index is 236. The van der Waals surface area contributed by atoms with Crippen molar-refractivity contribution in [3.05, 3.63) is 27.2 Å². The summed E-state index contributed by atoms with van der Waals surface area (Å²) in [5.41, 5.74) is 0. The van der Waals surface area contributed by atoms with E-state index in [2.05, 4.69) is 6.07 Å². The molecule has 1 aromatic carbocycles. The Balaban J connectivity index is 3.31. The third-order valence-corrected chi connectivity index (χ3v) is 1.68. The first-order valence-corrected chi connectivity index (χ1v) is 3.50. The molecule has 0 saturated heterocycles. The first-order chi connectivity index (χ1) is 4.61. The lowest BCUT2D eigenvalue weighted by molar-refractivity contribution is 0.476. The molecule has 53 valence electrons. The summed E-state index contributed by atoms with van der Waals surface area (Å²) in [7, 11) is 0. The monoisotopic (exact) mass is 195 g/mol. The Morgan fingerprint density at radius 1 is 1.30 bits per heavy atom. The van der Waals surface area contributed by atoms with E-state index in [0.717, 1.165) is 0 Å². The number of halogens is 3. The van der Waals surface area contributed by atoms with Crippen LogP contribution in [0.3, 0.4) is 0 Å². The van der Waals surface area contributed by atoms with E-state index in [9.17, 15) is 0 Å². The van der Waals surface area contributed by atoms with Crippen LogP contribution in [0.25, 0.3) is 0 Å². The van der Waals surface area contributed by atoms with Gasteiger partial charge in [0.25, 0.3) is 0 Å². The highest BCUT2D eigenvalue weighted by Gasteiger charge is 2.04. The largest absolute Gasteiger partial charge is 0.505 e. The molecule has 1 radical (unpaired) electrons. The van der Waals surface area contributed by atoms with E-state index in [1.165, 1.54) is 6.07 Å². The van der Waals surface area contributed by atoms with E-state index in [-0.39, 0.29) is 20.8 Å². The third kappa shape index (κ3) is 1.48. The van der Waals surface area contributed by atoms with E-state index in [1.54, 1.807) is 0 Å². The van der Waals surface area contributed by atoms with Gasteiger partial charge in [0, 0.05) is 6.07 Å².